The second-order valence-corrected chi connectivity index (χ2v) is 6.05. The molecule has 0 aromatic carbocycles. The Bertz CT molecular complexity index is 397. The lowest BCUT2D eigenvalue weighted by Crippen LogP contribution is -2.38. The van der Waals surface area contributed by atoms with Crippen molar-refractivity contribution in [2.75, 3.05) is 25.0 Å². The van der Waals surface area contributed by atoms with Crippen LogP contribution in [0.5, 0.6) is 0 Å². The molecule has 1 saturated carbocycles. The molecule has 2 fully saturated rings. The molecule has 1 aromatic rings. The maximum absolute atomic E-state index is 4.41. The summed E-state index contributed by atoms with van der Waals surface area (Å²) in [6.45, 7) is 5.91. The van der Waals surface area contributed by atoms with Gasteiger partial charge in [-0.3, -0.25) is 0 Å². The van der Waals surface area contributed by atoms with Crippen molar-refractivity contribution in [1.29, 1.82) is 0 Å². The van der Waals surface area contributed by atoms with Crippen LogP contribution in [0.3, 0.4) is 0 Å². The van der Waals surface area contributed by atoms with Crippen LogP contribution in [0.15, 0.2) is 12.4 Å². The fourth-order valence-corrected chi connectivity index (χ4v) is 3.07. The first kappa shape index (κ1) is 13.0. The van der Waals surface area contributed by atoms with E-state index >= 15 is 0 Å². The number of likely N-dealkylation sites (tertiary alicyclic amines) is 1. The van der Waals surface area contributed by atoms with E-state index in [9.17, 15) is 0 Å². The fourth-order valence-electron chi connectivity index (χ4n) is 3.07. The zero-order valence-electron chi connectivity index (χ0n) is 12.0. The lowest BCUT2D eigenvalue weighted by molar-refractivity contribution is 0.160. The minimum atomic E-state index is 0.715. The average Bonchev–Trinajstić information content (AvgIpc) is 3.16. The van der Waals surface area contributed by atoms with Gasteiger partial charge >= 0.3 is 0 Å². The Labute approximate surface area is 116 Å². The van der Waals surface area contributed by atoms with Crippen LogP contribution in [-0.4, -0.2) is 40.1 Å². The van der Waals surface area contributed by atoms with Crippen molar-refractivity contribution < 1.29 is 0 Å². The van der Waals surface area contributed by atoms with Crippen LogP contribution in [0.2, 0.25) is 0 Å². The Balaban J connectivity index is 1.39. The van der Waals surface area contributed by atoms with Gasteiger partial charge in [0.1, 0.15) is 0 Å². The van der Waals surface area contributed by atoms with E-state index in [1.165, 1.54) is 51.6 Å². The topological polar surface area (TPSA) is 33.1 Å². The highest BCUT2D eigenvalue weighted by Crippen LogP contribution is 2.36. The highest BCUT2D eigenvalue weighted by molar-refractivity contribution is 5.27. The number of rotatable bonds is 6. The molecule has 19 heavy (non-hydrogen) atoms. The monoisotopic (exact) mass is 262 g/mol. The second-order valence-electron chi connectivity index (χ2n) is 6.05. The summed E-state index contributed by atoms with van der Waals surface area (Å²) in [5, 5.41) is 3.49. The molecule has 1 unspecified atom stereocenters. The molecule has 2 aliphatic rings. The third kappa shape index (κ3) is 3.30. The summed E-state index contributed by atoms with van der Waals surface area (Å²) in [5.41, 5.74) is 0. The molecule has 3 rings (SSSR count). The summed E-state index contributed by atoms with van der Waals surface area (Å²) < 4.78 is 2.30. The van der Waals surface area contributed by atoms with E-state index < -0.39 is 0 Å². The number of nitrogens with one attached hydrogen (secondary N) is 1. The van der Waals surface area contributed by atoms with Gasteiger partial charge < -0.3 is 14.8 Å². The molecule has 1 aliphatic carbocycles. The average molecular weight is 262 g/mol. The summed E-state index contributed by atoms with van der Waals surface area (Å²) in [4.78, 5) is 7.05. The van der Waals surface area contributed by atoms with E-state index in [1.54, 1.807) is 0 Å². The Kier molecular flexibility index (Phi) is 4.06. The Morgan fingerprint density at radius 2 is 2.21 bits per heavy atom. The summed E-state index contributed by atoms with van der Waals surface area (Å²) in [7, 11) is 0. The van der Waals surface area contributed by atoms with Gasteiger partial charge in [0.15, 0.2) is 0 Å². The number of nitrogens with zero attached hydrogens (tertiary/aromatic N) is 3. The van der Waals surface area contributed by atoms with Crippen molar-refractivity contribution in [1.82, 2.24) is 14.5 Å². The zero-order chi connectivity index (χ0) is 13.1. The maximum Gasteiger partial charge on any atom is 0.203 e. The van der Waals surface area contributed by atoms with Crippen LogP contribution in [-0.2, 0) is 0 Å². The zero-order valence-corrected chi connectivity index (χ0v) is 12.0. The van der Waals surface area contributed by atoms with Crippen LogP contribution >= 0.6 is 0 Å². The number of hydrogen-bond donors (Lipinski definition) is 1. The third-order valence-corrected chi connectivity index (χ3v) is 4.45. The van der Waals surface area contributed by atoms with Gasteiger partial charge in [-0.2, -0.15) is 0 Å². The van der Waals surface area contributed by atoms with Gasteiger partial charge in [0.2, 0.25) is 5.95 Å². The summed E-state index contributed by atoms with van der Waals surface area (Å²) in [6, 6.07) is 1.49. The van der Waals surface area contributed by atoms with Gasteiger partial charge in [-0.1, -0.05) is 6.42 Å². The molecule has 1 aromatic heterocycles. The molecule has 0 spiro atoms. The van der Waals surface area contributed by atoms with Gasteiger partial charge in [-0.15, -0.1) is 0 Å². The largest absolute Gasteiger partial charge is 0.356 e. The quantitative estimate of drug-likeness (QED) is 0.800. The third-order valence-electron chi connectivity index (χ3n) is 4.45. The predicted molar refractivity (Wildman–Crippen MR) is 78.5 cm³/mol. The molecule has 4 heteroatoms. The van der Waals surface area contributed by atoms with E-state index in [0.717, 1.165) is 18.5 Å². The molecule has 1 N–H and O–H groups in total. The van der Waals surface area contributed by atoms with E-state index in [-0.39, 0.29) is 0 Å². The van der Waals surface area contributed by atoms with Crippen LogP contribution in [0.4, 0.5) is 5.95 Å². The SMILES string of the molecule is CC1CCCCN1CCCNc1nccn1C1CC1. The van der Waals surface area contributed by atoms with E-state index in [0.29, 0.717) is 6.04 Å². The molecular formula is C15H26N4. The van der Waals surface area contributed by atoms with E-state index in [2.05, 4.69) is 32.9 Å². The fraction of sp³-hybridized carbons (Fsp3) is 0.800. The van der Waals surface area contributed by atoms with Crippen LogP contribution < -0.4 is 5.32 Å². The Hall–Kier alpha value is -1.03. The van der Waals surface area contributed by atoms with Gasteiger partial charge in [0.05, 0.1) is 0 Å². The first-order valence-electron chi connectivity index (χ1n) is 7.85. The lowest BCUT2D eigenvalue weighted by Gasteiger charge is -2.33. The molecule has 2 heterocycles. The van der Waals surface area contributed by atoms with Crippen molar-refractivity contribution >= 4 is 5.95 Å². The van der Waals surface area contributed by atoms with Crippen LogP contribution in [0.25, 0.3) is 0 Å². The van der Waals surface area contributed by atoms with Gasteiger partial charge in [-0.05, 0) is 45.6 Å². The first-order valence-corrected chi connectivity index (χ1v) is 7.85. The van der Waals surface area contributed by atoms with Crippen LogP contribution in [0, 0.1) is 0 Å². The molecule has 4 nitrogen and oxygen atoms in total. The molecule has 0 radical (unpaired) electrons. The molecule has 106 valence electrons. The first-order chi connectivity index (χ1) is 9.34. The standard InChI is InChI=1S/C15H26N4/c1-13-5-2-3-10-18(13)11-4-8-16-15-17-9-12-19(15)14-6-7-14/h9,12-14H,2-8,10-11H2,1H3,(H,16,17). The smallest absolute Gasteiger partial charge is 0.203 e. The van der Waals surface area contributed by atoms with Gasteiger partial charge in [0, 0.05) is 37.6 Å². The summed E-state index contributed by atoms with van der Waals surface area (Å²) >= 11 is 0. The Morgan fingerprint density at radius 1 is 1.32 bits per heavy atom. The number of hydrogen-bond acceptors (Lipinski definition) is 3. The van der Waals surface area contributed by atoms with Crippen molar-refractivity contribution in [3.8, 4) is 0 Å². The highest BCUT2D eigenvalue weighted by atomic mass is 15.2. The van der Waals surface area contributed by atoms with Crippen molar-refractivity contribution in [3.05, 3.63) is 12.4 Å². The molecule has 0 bridgehead atoms. The van der Waals surface area contributed by atoms with Crippen molar-refractivity contribution in [2.24, 2.45) is 0 Å². The predicted octanol–water partition coefficient (Wildman–Crippen LogP) is 2.89. The normalized spacial score (nSPS) is 24.6. The van der Waals surface area contributed by atoms with Crippen LogP contribution in [0.1, 0.15) is 51.5 Å². The minimum Gasteiger partial charge on any atom is -0.356 e. The number of anilines is 1. The summed E-state index contributed by atoms with van der Waals surface area (Å²) in [5.74, 6) is 1.06. The second kappa shape index (κ2) is 5.95. The number of imidazole rings is 1. The molecular weight excluding hydrogens is 236 g/mol. The minimum absolute atomic E-state index is 0.715. The Morgan fingerprint density at radius 3 is 3.00 bits per heavy atom. The highest BCUT2D eigenvalue weighted by Gasteiger charge is 2.25. The van der Waals surface area contributed by atoms with Crippen molar-refractivity contribution in [3.63, 3.8) is 0 Å². The molecule has 0 amide bonds. The van der Waals surface area contributed by atoms with Gasteiger partial charge in [0.25, 0.3) is 0 Å². The van der Waals surface area contributed by atoms with Crippen molar-refractivity contribution in [2.45, 2.75) is 57.5 Å². The molecule has 1 atom stereocenters. The molecule has 1 saturated heterocycles. The molecule has 1 aliphatic heterocycles. The van der Waals surface area contributed by atoms with E-state index in [1.807, 2.05) is 6.20 Å². The lowest BCUT2D eigenvalue weighted by atomic mass is 10.0. The number of aromatic nitrogens is 2. The maximum atomic E-state index is 4.41. The summed E-state index contributed by atoms with van der Waals surface area (Å²) in [6.07, 6.45) is 12.0. The van der Waals surface area contributed by atoms with Gasteiger partial charge in [-0.25, -0.2) is 4.98 Å². The van der Waals surface area contributed by atoms with E-state index in [4.69, 9.17) is 0 Å². The number of piperidine rings is 1.